The maximum Gasteiger partial charge on any atom is 0.309 e. The number of methoxy groups -OCH3 is 1. The Kier molecular flexibility index (Phi) is 6.99. The standard InChI is InChI=1S/C14H24N2O2S/c1-5-13(6-2)16-8-7-12(15-16)10-19-9-11(3)14(17)18-4/h7-8,11,13H,5-6,9-10H2,1-4H3. The van der Waals surface area contributed by atoms with Crippen molar-refractivity contribution in [2.45, 2.75) is 45.4 Å². The molecule has 1 aromatic heterocycles. The van der Waals surface area contributed by atoms with Gasteiger partial charge in [-0.2, -0.15) is 16.9 Å². The molecule has 19 heavy (non-hydrogen) atoms. The molecule has 0 N–H and O–H groups in total. The molecule has 0 spiro atoms. The zero-order valence-corrected chi connectivity index (χ0v) is 13.1. The lowest BCUT2D eigenvalue weighted by Crippen LogP contribution is -2.14. The molecule has 0 fully saturated rings. The molecule has 0 bridgehead atoms. The molecule has 1 atom stereocenters. The smallest absolute Gasteiger partial charge is 0.309 e. The zero-order valence-electron chi connectivity index (χ0n) is 12.3. The second-order valence-electron chi connectivity index (χ2n) is 4.70. The van der Waals surface area contributed by atoms with E-state index < -0.39 is 0 Å². The lowest BCUT2D eigenvalue weighted by atomic mass is 10.2. The summed E-state index contributed by atoms with van der Waals surface area (Å²) in [6.45, 7) is 6.26. The minimum absolute atomic E-state index is 0.0592. The average molecular weight is 284 g/mol. The first-order chi connectivity index (χ1) is 9.12. The number of carbonyl (C=O) groups is 1. The summed E-state index contributed by atoms with van der Waals surface area (Å²) in [5.41, 5.74) is 1.08. The van der Waals surface area contributed by atoms with E-state index in [0.29, 0.717) is 6.04 Å². The van der Waals surface area contributed by atoms with Gasteiger partial charge in [-0.25, -0.2) is 0 Å². The van der Waals surface area contributed by atoms with Crippen LogP contribution in [0.25, 0.3) is 0 Å². The summed E-state index contributed by atoms with van der Waals surface area (Å²) in [6, 6.07) is 2.56. The number of hydrogen-bond donors (Lipinski definition) is 0. The van der Waals surface area contributed by atoms with Crippen molar-refractivity contribution in [1.82, 2.24) is 9.78 Å². The number of esters is 1. The van der Waals surface area contributed by atoms with Crippen molar-refractivity contribution in [3.8, 4) is 0 Å². The number of rotatable bonds is 8. The molecule has 1 heterocycles. The van der Waals surface area contributed by atoms with E-state index in [1.165, 1.54) is 7.11 Å². The lowest BCUT2D eigenvalue weighted by molar-refractivity contribution is -0.143. The molecule has 1 unspecified atom stereocenters. The first kappa shape index (κ1) is 16.1. The molecule has 0 aliphatic heterocycles. The summed E-state index contributed by atoms with van der Waals surface area (Å²) < 4.78 is 6.76. The highest BCUT2D eigenvalue weighted by Crippen LogP contribution is 2.18. The van der Waals surface area contributed by atoms with Crippen molar-refractivity contribution in [3.63, 3.8) is 0 Å². The normalized spacial score (nSPS) is 12.7. The van der Waals surface area contributed by atoms with Gasteiger partial charge in [-0.3, -0.25) is 9.48 Å². The van der Waals surface area contributed by atoms with Crippen LogP contribution in [0.4, 0.5) is 0 Å². The Morgan fingerprint density at radius 3 is 2.74 bits per heavy atom. The van der Waals surface area contributed by atoms with E-state index in [0.717, 1.165) is 30.0 Å². The van der Waals surface area contributed by atoms with Crippen molar-refractivity contribution in [3.05, 3.63) is 18.0 Å². The van der Waals surface area contributed by atoms with Crippen molar-refractivity contribution >= 4 is 17.7 Å². The van der Waals surface area contributed by atoms with Gasteiger partial charge in [0.05, 0.1) is 24.8 Å². The highest BCUT2D eigenvalue weighted by atomic mass is 32.2. The second-order valence-corrected chi connectivity index (χ2v) is 5.73. The first-order valence-electron chi connectivity index (χ1n) is 6.81. The van der Waals surface area contributed by atoms with Crippen LogP contribution < -0.4 is 0 Å². The van der Waals surface area contributed by atoms with E-state index in [4.69, 9.17) is 4.74 Å². The van der Waals surface area contributed by atoms with Gasteiger partial charge in [-0.1, -0.05) is 20.8 Å². The Balaban J connectivity index is 2.40. The number of thioether (sulfide) groups is 1. The van der Waals surface area contributed by atoms with Gasteiger partial charge in [-0.15, -0.1) is 0 Å². The summed E-state index contributed by atoms with van der Waals surface area (Å²) in [6.07, 6.45) is 4.26. The Hall–Kier alpha value is -0.970. The molecule has 1 rings (SSSR count). The van der Waals surface area contributed by atoms with Gasteiger partial charge in [0.1, 0.15) is 0 Å². The minimum atomic E-state index is -0.143. The summed E-state index contributed by atoms with van der Waals surface area (Å²) in [5, 5.41) is 4.59. The third kappa shape index (κ3) is 4.90. The van der Waals surface area contributed by atoms with Crippen molar-refractivity contribution in [1.29, 1.82) is 0 Å². The predicted octanol–water partition coefficient (Wildman–Crippen LogP) is 3.29. The highest BCUT2D eigenvalue weighted by molar-refractivity contribution is 7.98. The van der Waals surface area contributed by atoms with E-state index >= 15 is 0 Å². The Bertz CT molecular complexity index is 389. The molecule has 0 radical (unpaired) electrons. The van der Waals surface area contributed by atoms with Gasteiger partial charge >= 0.3 is 5.97 Å². The van der Waals surface area contributed by atoms with Crippen LogP contribution >= 0.6 is 11.8 Å². The fraction of sp³-hybridized carbons (Fsp3) is 0.714. The first-order valence-corrected chi connectivity index (χ1v) is 7.97. The molecule has 0 aliphatic rings. The van der Waals surface area contributed by atoms with Crippen LogP contribution in [0.3, 0.4) is 0 Å². The number of aromatic nitrogens is 2. The molecule has 0 aromatic carbocycles. The maximum atomic E-state index is 11.3. The number of ether oxygens (including phenoxy) is 1. The predicted molar refractivity (Wildman–Crippen MR) is 79.2 cm³/mol. The largest absolute Gasteiger partial charge is 0.469 e. The fourth-order valence-corrected chi connectivity index (χ4v) is 2.90. The molecule has 4 nitrogen and oxygen atoms in total. The average Bonchev–Trinajstić information content (AvgIpc) is 2.88. The molecular formula is C14H24N2O2S. The van der Waals surface area contributed by atoms with Gasteiger partial charge < -0.3 is 4.74 Å². The van der Waals surface area contributed by atoms with Gasteiger partial charge in [-0.05, 0) is 18.9 Å². The third-order valence-corrected chi connectivity index (χ3v) is 4.44. The van der Waals surface area contributed by atoms with Crippen LogP contribution in [0, 0.1) is 5.92 Å². The van der Waals surface area contributed by atoms with E-state index in [1.807, 2.05) is 6.92 Å². The Labute approximate surface area is 119 Å². The number of hydrogen-bond acceptors (Lipinski definition) is 4. The molecule has 108 valence electrons. The molecule has 0 amide bonds. The summed E-state index contributed by atoms with van der Waals surface area (Å²) in [7, 11) is 1.43. The van der Waals surface area contributed by atoms with Gasteiger partial charge in [0.2, 0.25) is 0 Å². The van der Waals surface area contributed by atoms with E-state index in [1.54, 1.807) is 11.8 Å². The van der Waals surface area contributed by atoms with Crippen LogP contribution in [-0.2, 0) is 15.3 Å². The van der Waals surface area contributed by atoms with Gasteiger partial charge in [0.15, 0.2) is 0 Å². The highest BCUT2D eigenvalue weighted by Gasteiger charge is 2.13. The van der Waals surface area contributed by atoms with Crippen molar-refractivity contribution < 1.29 is 9.53 Å². The Morgan fingerprint density at radius 2 is 2.16 bits per heavy atom. The topological polar surface area (TPSA) is 44.1 Å². The van der Waals surface area contributed by atoms with Gasteiger partial charge in [0, 0.05) is 17.7 Å². The van der Waals surface area contributed by atoms with E-state index in [-0.39, 0.29) is 11.9 Å². The van der Waals surface area contributed by atoms with E-state index in [9.17, 15) is 4.79 Å². The van der Waals surface area contributed by atoms with Crippen LogP contribution in [0.2, 0.25) is 0 Å². The fourth-order valence-electron chi connectivity index (χ4n) is 1.93. The molecule has 1 aromatic rings. The molecule has 5 heteroatoms. The lowest BCUT2D eigenvalue weighted by Gasteiger charge is -2.12. The number of carbonyl (C=O) groups excluding carboxylic acids is 1. The maximum absolute atomic E-state index is 11.3. The molecule has 0 aliphatic carbocycles. The van der Waals surface area contributed by atoms with Crippen LogP contribution in [0.1, 0.15) is 45.3 Å². The molecular weight excluding hydrogens is 260 g/mol. The summed E-state index contributed by atoms with van der Waals surface area (Å²) in [5.74, 6) is 1.41. The summed E-state index contributed by atoms with van der Waals surface area (Å²) in [4.78, 5) is 11.3. The van der Waals surface area contributed by atoms with E-state index in [2.05, 4.69) is 35.9 Å². The quantitative estimate of drug-likeness (QED) is 0.687. The van der Waals surface area contributed by atoms with Crippen molar-refractivity contribution in [2.24, 2.45) is 5.92 Å². The molecule has 0 saturated carbocycles. The van der Waals surface area contributed by atoms with Gasteiger partial charge in [0.25, 0.3) is 0 Å². The van der Waals surface area contributed by atoms with Crippen molar-refractivity contribution in [2.75, 3.05) is 12.9 Å². The Morgan fingerprint density at radius 1 is 1.47 bits per heavy atom. The second kappa shape index (κ2) is 8.25. The third-order valence-electron chi connectivity index (χ3n) is 3.20. The number of nitrogens with zero attached hydrogens (tertiary/aromatic N) is 2. The summed E-state index contributed by atoms with van der Waals surface area (Å²) >= 11 is 1.72. The van der Waals surface area contributed by atoms with Crippen LogP contribution in [-0.4, -0.2) is 28.6 Å². The zero-order chi connectivity index (χ0) is 14.3. The minimum Gasteiger partial charge on any atom is -0.469 e. The van der Waals surface area contributed by atoms with Crippen LogP contribution in [0.5, 0.6) is 0 Å². The van der Waals surface area contributed by atoms with Crippen LogP contribution in [0.15, 0.2) is 12.3 Å². The molecule has 0 saturated heterocycles. The SMILES string of the molecule is CCC(CC)n1ccc(CSCC(C)C(=O)OC)n1. The monoisotopic (exact) mass is 284 g/mol.